The summed E-state index contributed by atoms with van der Waals surface area (Å²) in [6.07, 6.45) is 5.23. The van der Waals surface area contributed by atoms with Crippen molar-refractivity contribution in [3.63, 3.8) is 0 Å². The van der Waals surface area contributed by atoms with Crippen molar-refractivity contribution in [2.45, 2.75) is 31.8 Å². The molecule has 0 saturated carbocycles. The Morgan fingerprint density at radius 1 is 0.786 bits per heavy atom. The largest absolute Gasteiger partial charge is 0.478 e. The van der Waals surface area contributed by atoms with E-state index < -0.39 is 52.1 Å². The summed E-state index contributed by atoms with van der Waals surface area (Å²) < 4.78 is 5.75. The number of ether oxygens (including phenoxy) is 1. The number of carbonyl (C=O) groups excluding carboxylic acids is 1. The lowest BCUT2D eigenvalue weighted by atomic mass is 9.86. The molecule has 5 rings (SSSR count). The van der Waals surface area contributed by atoms with E-state index in [1.807, 2.05) is 24.3 Å². The molecule has 1 amide bonds. The van der Waals surface area contributed by atoms with Gasteiger partial charge in [0.1, 0.15) is 5.75 Å². The van der Waals surface area contributed by atoms with E-state index in [0.717, 1.165) is 36.1 Å². The molecule has 0 unspecified atom stereocenters. The molecule has 3 aromatic carbocycles. The molecule has 1 aliphatic carbocycles. The van der Waals surface area contributed by atoms with Crippen LogP contribution < -0.4 is 4.74 Å². The number of carbonyl (C=O) groups is 4. The topological polar surface area (TPSA) is 167 Å². The smallest absolute Gasteiger partial charge is 0.336 e. The van der Waals surface area contributed by atoms with E-state index in [1.54, 1.807) is 30.3 Å². The highest BCUT2D eigenvalue weighted by Crippen LogP contribution is 2.37. The first-order chi connectivity index (χ1) is 20.2. The minimum absolute atomic E-state index is 0.0207. The van der Waals surface area contributed by atoms with Gasteiger partial charge in [-0.15, -0.1) is 0 Å². The summed E-state index contributed by atoms with van der Waals surface area (Å²) in [5.41, 5.74) is 0.178. The average molecular weight is 568 g/mol. The number of aryl methyl sites for hydroxylation is 1. The van der Waals surface area contributed by atoms with Crippen LogP contribution in [0.3, 0.4) is 0 Å². The van der Waals surface area contributed by atoms with Crippen molar-refractivity contribution in [1.82, 2.24) is 14.9 Å². The zero-order valence-corrected chi connectivity index (χ0v) is 22.1. The normalized spacial score (nSPS) is 14.0. The first kappa shape index (κ1) is 28.0. The lowest BCUT2D eigenvalue weighted by Gasteiger charge is -2.36. The van der Waals surface area contributed by atoms with Gasteiger partial charge in [-0.3, -0.25) is 4.79 Å². The Labute approximate surface area is 239 Å². The second kappa shape index (κ2) is 11.9. The molecule has 1 atom stereocenters. The summed E-state index contributed by atoms with van der Waals surface area (Å²) in [6.45, 7) is 0.0207. The number of amides is 1. The Bertz CT molecular complexity index is 1690. The molecule has 212 valence electrons. The highest BCUT2D eigenvalue weighted by Gasteiger charge is 2.33. The number of benzene rings is 3. The molecule has 3 N–H and O–H groups in total. The van der Waals surface area contributed by atoms with E-state index in [1.165, 1.54) is 17.3 Å². The number of hydrogen-bond acceptors (Lipinski definition) is 7. The van der Waals surface area contributed by atoms with Gasteiger partial charge in [0, 0.05) is 18.9 Å². The third-order valence-electron chi connectivity index (χ3n) is 7.06. The third-order valence-corrected chi connectivity index (χ3v) is 7.06. The van der Waals surface area contributed by atoms with E-state index in [4.69, 9.17) is 4.74 Å². The molecule has 1 heterocycles. The highest BCUT2D eigenvalue weighted by atomic mass is 16.5. The van der Waals surface area contributed by atoms with Crippen LogP contribution in [-0.2, 0) is 13.0 Å². The first-order valence-electron chi connectivity index (χ1n) is 13.0. The van der Waals surface area contributed by atoms with Gasteiger partial charge in [0.25, 0.3) is 5.91 Å². The zero-order chi connectivity index (χ0) is 29.8. The Hall–Kier alpha value is -5.58. The lowest BCUT2D eigenvalue weighted by Crippen LogP contribution is -2.37. The van der Waals surface area contributed by atoms with Gasteiger partial charge in [-0.1, -0.05) is 36.4 Å². The second-order valence-electron chi connectivity index (χ2n) is 9.68. The standard InChI is InChI=1S/C31H25N3O8/c35-27(22-15-24(29(38)39)25(30(40)41)16-23(22)28(36)37)34(26-11-4-8-19-7-1-2-10-21(19)26)17-18-6-3-9-20(14-18)42-31-32-12-5-13-33-31/h1-3,5-7,9-10,12-16,26H,4,8,11,17H2,(H,36,37)(H,38,39)(H,40,41)/t26-/m0/s1. The molecular weight excluding hydrogens is 542 g/mol. The molecule has 0 radical (unpaired) electrons. The number of fused-ring (bicyclic) bond motifs is 1. The van der Waals surface area contributed by atoms with Crippen LogP contribution in [-0.4, -0.2) is 54.0 Å². The van der Waals surface area contributed by atoms with Gasteiger partial charge in [-0.2, -0.15) is 0 Å². The van der Waals surface area contributed by atoms with E-state index in [-0.39, 0.29) is 12.6 Å². The van der Waals surface area contributed by atoms with E-state index >= 15 is 0 Å². The zero-order valence-electron chi connectivity index (χ0n) is 22.1. The van der Waals surface area contributed by atoms with E-state index in [2.05, 4.69) is 9.97 Å². The summed E-state index contributed by atoms with van der Waals surface area (Å²) in [5, 5.41) is 29.1. The van der Waals surface area contributed by atoms with E-state index in [9.17, 15) is 34.5 Å². The Kier molecular flexibility index (Phi) is 7.91. The van der Waals surface area contributed by atoms with Gasteiger partial charge in [-0.05, 0) is 66.3 Å². The van der Waals surface area contributed by atoms with Crippen molar-refractivity contribution >= 4 is 23.8 Å². The summed E-state index contributed by atoms with van der Waals surface area (Å²) >= 11 is 0. The van der Waals surface area contributed by atoms with Gasteiger partial charge in [0.15, 0.2) is 0 Å². The Balaban J connectivity index is 1.60. The fraction of sp³-hybridized carbons (Fsp3) is 0.161. The molecule has 0 fully saturated rings. The van der Waals surface area contributed by atoms with Crippen molar-refractivity contribution in [1.29, 1.82) is 0 Å². The molecule has 4 aromatic rings. The quantitative estimate of drug-likeness (QED) is 0.248. The van der Waals surface area contributed by atoms with Crippen LogP contribution in [0.2, 0.25) is 0 Å². The fourth-order valence-corrected chi connectivity index (χ4v) is 5.19. The van der Waals surface area contributed by atoms with Gasteiger partial charge >= 0.3 is 23.9 Å². The summed E-state index contributed by atoms with van der Waals surface area (Å²) in [4.78, 5) is 59.8. The maximum Gasteiger partial charge on any atom is 0.336 e. The Morgan fingerprint density at radius 3 is 2.12 bits per heavy atom. The van der Waals surface area contributed by atoms with Gasteiger partial charge in [0.05, 0.1) is 28.3 Å². The van der Waals surface area contributed by atoms with Crippen LogP contribution in [0.4, 0.5) is 0 Å². The predicted molar refractivity (Wildman–Crippen MR) is 148 cm³/mol. The van der Waals surface area contributed by atoms with Crippen molar-refractivity contribution in [2.24, 2.45) is 0 Å². The van der Waals surface area contributed by atoms with Gasteiger partial charge in [-0.25, -0.2) is 24.4 Å². The molecule has 0 aliphatic heterocycles. The van der Waals surface area contributed by atoms with Crippen LogP contribution in [0.15, 0.2) is 79.1 Å². The number of carboxylic acid groups (broad SMARTS) is 3. The summed E-state index contributed by atoms with van der Waals surface area (Å²) in [5.74, 6) is -5.10. The third kappa shape index (κ3) is 5.80. The maximum absolute atomic E-state index is 14.3. The van der Waals surface area contributed by atoms with Crippen LogP contribution in [0, 0.1) is 0 Å². The number of aromatic carboxylic acids is 3. The molecule has 11 nitrogen and oxygen atoms in total. The number of carboxylic acids is 3. The van der Waals surface area contributed by atoms with Crippen LogP contribution in [0.5, 0.6) is 11.8 Å². The maximum atomic E-state index is 14.3. The van der Waals surface area contributed by atoms with Gasteiger partial charge < -0.3 is 25.0 Å². The van der Waals surface area contributed by atoms with Crippen molar-refractivity contribution < 1.29 is 39.2 Å². The minimum atomic E-state index is -1.62. The van der Waals surface area contributed by atoms with Crippen molar-refractivity contribution in [3.8, 4) is 11.8 Å². The molecule has 1 aliphatic rings. The minimum Gasteiger partial charge on any atom is -0.478 e. The fourth-order valence-electron chi connectivity index (χ4n) is 5.19. The molecule has 0 spiro atoms. The SMILES string of the molecule is O=C(O)c1cc(C(=O)O)c(C(=O)N(Cc2cccc(Oc3ncccn3)c2)[C@H]2CCCc3ccccc32)cc1C(=O)O. The van der Waals surface area contributed by atoms with Crippen molar-refractivity contribution in [3.05, 3.63) is 118 Å². The predicted octanol–water partition coefficient (Wildman–Crippen LogP) is 5.08. The molecule has 0 saturated heterocycles. The van der Waals surface area contributed by atoms with E-state index in [0.29, 0.717) is 17.7 Å². The monoisotopic (exact) mass is 567 g/mol. The summed E-state index contributed by atoms with van der Waals surface area (Å²) in [6, 6.07) is 17.5. The van der Waals surface area contributed by atoms with Crippen molar-refractivity contribution in [2.75, 3.05) is 0 Å². The lowest BCUT2D eigenvalue weighted by molar-refractivity contribution is 0.0611. The number of hydrogen-bond donors (Lipinski definition) is 3. The molecule has 0 bridgehead atoms. The second-order valence-corrected chi connectivity index (χ2v) is 9.68. The van der Waals surface area contributed by atoms with Gasteiger partial charge in [0.2, 0.25) is 0 Å². The summed E-state index contributed by atoms with van der Waals surface area (Å²) in [7, 11) is 0. The van der Waals surface area contributed by atoms with Crippen LogP contribution >= 0.6 is 0 Å². The highest BCUT2D eigenvalue weighted by molar-refractivity contribution is 6.10. The number of aromatic nitrogens is 2. The first-order valence-corrected chi connectivity index (χ1v) is 13.0. The van der Waals surface area contributed by atoms with Crippen LogP contribution in [0.1, 0.15) is 77.0 Å². The molecule has 42 heavy (non-hydrogen) atoms. The molecule has 1 aromatic heterocycles. The van der Waals surface area contributed by atoms with Crippen LogP contribution in [0.25, 0.3) is 0 Å². The Morgan fingerprint density at radius 2 is 1.43 bits per heavy atom. The number of nitrogens with zero attached hydrogens (tertiary/aromatic N) is 3. The number of rotatable bonds is 9. The molecule has 11 heteroatoms. The average Bonchev–Trinajstić information content (AvgIpc) is 2.99. The molecular formula is C31H25N3O8.